The zero-order valence-corrected chi connectivity index (χ0v) is 13.0. The van der Waals surface area contributed by atoms with E-state index in [2.05, 4.69) is 5.32 Å². The maximum Gasteiger partial charge on any atom is 0.416 e. The van der Waals surface area contributed by atoms with Crippen LogP contribution >= 0.6 is 0 Å². The Hall–Kier alpha value is -2.58. The van der Waals surface area contributed by atoms with E-state index in [-0.39, 0.29) is 18.1 Å². The van der Waals surface area contributed by atoms with Gasteiger partial charge in [-0.25, -0.2) is 4.39 Å². The number of carbonyl (C=O) groups is 1. The fourth-order valence-electron chi connectivity index (χ4n) is 2.17. The van der Waals surface area contributed by atoms with Crippen LogP contribution in [-0.2, 0) is 30.1 Å². The van der Waals surface area contributed by atoms with E-state index in [9.17, 15) is 35.5 Å². The van der Waals surface area contributed by atoms with Crippen molar-refractivity contribution < 1.29 is 35.5 Å². The number of carbonyl (C=O) groups excluding carboxylic acids is 1. The van der Waals surface area contributed by atoms with Crippen molar-refractivity contribution in [3.63, 3.8) is 0 Å². The molecule has 0 bridgehead atoms. The summed E-state index contributed by atoms with van der Waals surface area (Å²) >= 11 is 0. The SMILES string of the molecule is O=C(Cc1ccc(F)cc1)NCc1cc(C(F)(F)F)cc(C(F)(F)F)c1. The lowest BCUT2D eigenvalue weighted by Gasteiger charge is -2.14. The van der Waals surface area contributed by atoms with E-state index < -0.39 is 41.7 Å². The standard InChI is InChI=1S/C17H12F7NO/c18-14-3-1-10(2-4-14)7-15(26)25-9-11-5-12(16(19,20)21)8-13(6-11)17(22,23)24/h1-6,8H,7,9H2,(H,25,26). The molecule has 1 amide bonds. The van der Waals surface area contributed by atoms with Crippen molar-refractivity contribution in [2.75, 3.05) is 0 Å². The van der Waals surface area contributed by atoms with E-state index in [4.69, 9.17) is 0 Å². The van der Waals surface area contributed by atoms with Gasteiger partial charge in [0.2, 0.25) is 5.91 Å². The van der Waals surface area contributed by atoms with Crippen molar-refractivity contribution in [1.82, 2.24) is 5.32 Å². The van der Waals surface area contributed by atoms with Gasteiger partial charge in [-0.15, -0.1) is 0 Å². The molecule has 26 heavy (non-hydrogen) atoms. The van der Waals surface area contributed by atoms with Crippen LogP contribution in [0.2, 0.25) is 0 Å². The summed E-state index contributed by atoms with van der Waals surface area (Å²) in [6, 6.07) is 6.07. The Bertz CT molecular complexity index is 747. The predicted molar refractivity (Wildman–Crippen MR) is 78.4 cm³/mol. The number of hydrogen-bond acceptors (Lipinski definition) is 1. The first-order valence-electron chi connectivity index (χ1n) is 7.24. The Morgan fingerprint density at radius 2 is 1.31 bits per heavy atom. The molecule has 0 aliphatic heterocycles. The van der Waals surface area contributed by atoms with Gasteiger partial charge in [0.1, 0.15) is 5.82 Å². The van der Waals surface area contributed by atoms with Crippen LogP contribution in [0.4, 0.5) is 30.7 Å². The molecule has 0 aliphatic carbocycles. The van der Waals surface area contributed by atoms with Crippen LogP contribution in [0.1, 0.15) is 22.3 Å². The molecule has 1 N–H and O–H groups in total. The van der Waals surface area contributed by atoms with Gasteiger partial charge in [-0.2, -0.15) is 26.3 Å². The summed E-state index contributed by atoms with van der Waals surface area (Å²) in [4.78, 5) is 11.8. The molecule has 9 heteroatoms. The summed E-state index contributed by atoms with van der Waals surface area (Å²) < 4.78 is 89.4. The molecule has 2 rings (SSSR count). The van der Waals surface area contributed by atoms with Crippen LogP contribution in [-0.4, -0.2) is 5.91 Å². The first kappa shape index (κ1) is 19.7. The largest absolute Gasteiger partial charge is 0.416 e. The Labute approximate surface area is 143 Å². The Morgan fingerprint density at radius 1 is 0.808 bits per heavy atom. The van der Waals surface area contributed by atoms with Gasteiger partial charge in [0.15, 0.2) is 0 Å². The molecular formula is C17H12F7NO. The second kappa shape index (κ2) is 7.35. The number of amides is 1. The highest BCUT2D eigenvalue weighted by Gasteiger charge is 2.36. The molecule has 0 fully saturated rings. The van der Waals surface area contributed by atoms with Crippen molar-refractivity contribution in [3.8, 4) is 0 Å². The lowest BCUT2D eigenvalue weighted by Crippen LogP contribution is -2.25. The van der Waals surface area contributed by atoms with E-state index in [1.165, 1.54) is 12.1 Å². The fraction of sp³-hybridized carbons (Fsp3) is 0.235. The van der Waals surface area contributed by atoms with Gasteiger partial charge >= 0.3 is 12.4 Å². The van der Waals surface area contributed by atoms with Crippen molar-refractivity contribution in [1.29, 1.82) is 0 Å². The number of benzene rings is 2. The zero-order chi connectivity index (χ0) is 19.5. The van der Waals surface area contributed by atoms with Crippen molar-refractivity contribution in [2.45, 2.75) is 25.3 Å². The molecule has 0 saturated heterocycles. The molecule has 0 heterocycles. The minimum Gasteiger partial charge on any atom is -0.352 e. The Morgan fingerprint density at radius 3 is 1.77 bits per heavy atom. The number of hydrogen-bond donors (Lipinski definition) is 1. The van der Waals surface area contributed by atoms with Crippen LogP contribution in [0.5, 0.6) is 0 Å². The molecule has 0 unspecified atom stereocenters. The molecule has 0 aromatic heterocycles. The first-order chi connectivity index (χ1) is 11.9. The molecule has 2 aromatic carbocycles. The predicted octanol–water partition coefficient (Wildman–Crippen LogP) is 4.72. The Kier molecular flexibility index (Phi) is 5.58. The maximum absolute atomic E-state index is 12.8. The van der Waals surface area contributed by atoms with Crippen molar-refractivity contribution in [2.24, 2.45) is 0 Å². The summed E-state index contributed by atoms with van der Waals surface area (Å²) in [7, 11) is 0. The topological polar surface area (TPSA) is 29.1 Å². The molecule has 2 nitrogen and oxygen atoms in total. The Balaban J connectivity index is 2.12. The molecule has 0 spiro atoms. The van der Waals surface area contributed by atoms with Gasteiger partial charge in [0.05, 0.1) is 17.5 Å². The number of rotatable bonds is 4. The summed E-state index contributed by atoms with van der Waals surface area (Å²) in [5.74, 6) is -1.12. The van der Waals surface area contributed by atoms with Gasteiger partial charge in [-0.1, -0.05) is 12.1 Å². The van der Waals surface area contributed by atoms with Crippen LogP contribution in [0.25, 0.3) is 0 Å². The zero-order valence-electron chi connectivity index (χ0n) is 13.0. The maximum atomic E-state index is 12.8. The monoisotopic (exact) mass is 379 g/mol. The summed E-state index contributed by atoms with van der Waals surface area (Å²) in [6.07, 6.45) is -10.1. The van der Waals surface area contributed by atoms with Crippen molar-refractivity contribution >= 4 is 5.91 Å². The van der Waals surface area contributed by atoms with Gasteiger partial charge in [0.25, 0.3) is 0 Å². The van der Waals surface area contributed by atoms with E-state index in [0.717, 1.165) is 12.1 Å². The molecule has 0 radical (unpaired) electrons. The number of halogens is 7. The normalized spacial score (nSPS) is 12.1. The van der Waals surface area contributed by atoms with Gasteiger partial charge in [0, 0.05) is 6.54 Å². The third-order valence-electron chi connectivity index (χ3n) is 3.42. The van der Waals surface area contributed by atoms with Gasteiger partial charge in [-0.05, 0) is 41.5 Å². The average molecular weight is 379 g/mol. The van der Waals surface area contributed by atoms with Crippen LogP contribution in [0, 0.1) is 5.82 Å². The highest BCUT2D eigenvalue weighted by Crippen LogP contribution is 2.36. The van der Waals surface area contributed by atoms with E-state index in [1.807, 2.05) is 0 Å². The van der Waals surface area contributed by atoms with E-state index in [1.54, 1.807) is 0 Å². The molecule has 0 saturated carbocycles. The minimum absolute atomic E-state index is 0.0177. The fourth-order valence-corrected chi connectivity index (χ4v) is 2.17. The molecule has 0 aliphatic rings. The highest BCUT2D eigenvalue weighted by molar-refractivity contribution is 5.78. The number of nitrogens with one attached hydrogen (secondary N) is 1. The van der Waals surface area contributed by atoms with Crippen LogP contribution < -0.4 is 5.32 Å². The lowest BCUT2D eigenvalue weighted by molar-refractivity contribution is -0.143. The average Bonchev–Trinajstić information content (AvgIpc) is 2.53. The van der Waals surface area contributed by atoms with E-state index in [0.29, 0.717) is 17.7 Å². The smallest absolute Gasteiger partial charge is 0.352 e. The first-order valence-corrected chi connectivity index (χ1v) is 7.24. The van der Waals surface area contributed by atoms with Crippen molar-refractivity contribution in [3.05, 3.63) is 70.5 Å². The summed E-state index contributed by atoms with van der Waals surface area (Å²) in [6.45, 7) is -0.507. The van der Waals surface area contributed by atoms with Crippen LogP contribution in [0.15, 0.2) is 42.5 Å². The van der Waals surface area contributed by atoms with E-state index >= 15 is 0 Å². The minimum atomic E-state index is -4.95. The van der Waals surface area contributed by atoms with Gasteiger partial charge in [-0.3, -0.25) is 4.79 Å². The number of alkyl halides is 6. The molecule has 2 aromatic rings. The molecular weight excluding hydrogens is 367 g/mol. The lowest BCUT2D eigenvalue weighted by atomic mass is 10.0. The summed E-state index contributed by atoms with van der Waals surface area (Å²) in [5, 5.41) is 2.25. The molecule has 140 valence electrons. The molecule has 0 atom stereocenters. The van der Waals surface area contributed by atoms with Gasteiger partial charge < -0.3 is 5.32 Å². The van der Waals surface area contributed by atoms with Crippen LogP contribution in [0.3, 0.4) is 0 Å². The quantitative estimate of drug-likeness (QED) is 0.766. The third kappa shape index (κ3) is 5.47. The third-order valence-corrected chi connectivity index (χ3v) is 3.42. The summed E-state index contributed by atoms with van der Waals surface area (Å²) in [5.41, 5.74) is -2.78. The second-order valence-electron chi connectivity index (χ2n) is 5.49. The second-order valence-corrected chi connectivity index (χ2v) is 5.49. The highest BCUT2D eigenvalue weighted by atomic mass is 19.4.